The molecule has 1 N–H and O–H groups in total. The van der Waals surface area contributed by atoms with E-state index in [1.165, 1.54) is 10.4 Å². The zero-order valence-corrected chi connectivity index (χ0v) is 16.3. The van der Waals surface area contributed by atoms with E-state index >= 15 is 0 Å². The monoisotopic (exact) mass is 408 g/mol. The van der Waals surface area contributed by atoms with Gasteiger partial charge < -0.3 is 14.8 Å². The molecule has 1 amide bonds. The molecule has 2 aliphatic rings. The average Bonchev–Trinajstić information content (AvgIpc) is 3.19. The molecule has 0 aliphatic carbocycles. The molecule has 3 heterocycles. The molecular weight excluding hydrogens is 388 g/mol. The third-order valence-corrected chi connectivity index (χ3v) is 7.55. The second-order valence-corrected chi connectivity index (χ2v) is 9.21. The van der Waals surface area contributed by atoms with Crippen molar-refractivity contribution >= 4 is 33.0 Å². The van der Waals surface area contributed by atoms with Gasteiger partial charge in [-0.1, -0.05) is 6.42 Å². The van der Waals surface area contributed by atoms with Gasteiger partial charge in [-0.2, -0.15) is 4.31 Å². The van der Waals surface area contributed by atoms with Crippen LogP contribution in [-0.4, -0.2) is 44.9 Å². The molecular formula is C18H20N2O5S2. The molecule has 9 heteroatoms. The maximum absolute atomic E-state index is 12.9. The highest BCUT2D eigenvalue weighted by atomic mass is 32.2. The summed E-state index contributed by atoms with van der Waals surface area (Å²) in [5, 5.41) is 4.40. The number of piperidine rings is 1. The van der Waals surface area contributed by atoms with E-state index in [4.69, 9.17) is 9.47 Å². The quantitative estimate of drug-likeness (QED) is 0.841. The lowest BCUT2D eigenvalue weighted by molar-refractivity contribution is 0.102. The molecule has 0 unspecified atom stereocenters. The van der Waals surface area contributed by atoms with Crippen LogP contribution in [0.15, 0.2) is 34.5 Å². The van der Waals surface area contributed by atoms with E-state index in [0.29, 0.717) is 43.5 Å². The van der Waals surface area contributed by atoms with Gasteiger partial charge >= 0.3 is 0 Å². The van der Waals surface area contributed by atoms with Crippen molar-refractivity contribution in [1.82, 2.24) is 4.31 Å². The van der Waals surface area contributed by atoms with Crippen LogP contribution in [0.25, 0.3) is 0 Å². The number of amides is 1. The fourth-order valence-corrected chi connectivity index (χ4v) is 6.03. The maximum atomic E-state index is 12.9. The Morgan fingerprint density at radius 3 is 2.56 bits per heavy atom. The lowest BCUT2D eigenvalue weighted by Gasteiger charge is -2.25. The van der Waals surface area contributed by atoms with Gasteiger partial charge in [-0.25, -0.2) is 8.42 Å². The van der Waals surface area contributed by atoms with E-state index in [0.717, 1.165) is 30.6 Å². The molecule has 4 rings (SSSR count). The number of nitrogens with one attached hydrogen (secondary N) is 1. The minimum atomic E-state index is -3.66. The first-order valence-electron chi connectivity index (χ1n) is 8.84. The summed E-state index contributed by atoms with van der Waals surface area (Å²) in [6.07, 6.45) is 2.73. The van der Waals surface area contributed by atoms with Crippen LogP contribution in [0, 0.1) is 0 Å². The highest BCUT2D eigenvalue weighted by Crippen LogP contribution is 2.33. The van der Waals surface area contributed by atoms with E-state index in [2.05, 4.69) is 5.32 Å². The standard InChI is InChI=1S/C18H20N2O5S2/c21-18(19-13-4-5-14-15(12-13)25-10-9-24-14)17-16(6-11-26-17)27(22,23)20-7-2-1-3-8-20/h4-6,11-12H,1-3,7-10H2,(H,19,21). The molecule has 0 spiro atoms. The highest BCUT2D eigenvalue weighted by molar-refractivity contribution is 7.89. The Bertz CT molecular complexity index is 948. The van der Waals surface area contributed by atoms with Crippen molar-refractivity contribution in [3.8, 4) is 11.5 Å². The maximum Gasteiger partial charge on any atom is 0.267 e. The Labute approximate surface area is 161 Å². The number of nitrogens with zero attached hydrogens (tertiary/aromatic N) is 1. The summed E-state index contributed by atoms with van der Waals surface area (Å²) in [7, 11) is -3.66. The Morgan fingerprint density at radius 1 is 1.04 bits per heavy atom. The summed E-state index contributed by atoms with van der Waals surface area (Å²) >= 11 is 1.12. The van der Waals surface area contributed by atoms with Crippen LogP contribution in [0.2, 0.25) is 0 Å². The SMILES string of the molecule is O=C(Nc1ccc2c(c1)OCCO2)c1sccc1S(=O)(=O)N1CCCCC1. The molecule has 0 bridgehead atoms. The Balaban J connectivity index is 1.56. The van der Waals surface area contributed by atoms with Crippen molar-refractivity contribution in [1.29, 1.82) is 0 Å². The molecule has 1 aromatic carbocycles. The predicted octanol–water partition coefficient (Wildman–Crippen LogP) is 2.95. The molecule has 7 nitrogen and oxygen atoms in total. The third kappa shape index (κ3) is 3.67. The molecule has 0 atom stereocenters. The third-order valence-electron chi connectivity index (χ3n) is 4.57. The second-order valence-electron chi connectivity index (χ2n) is 6.39. The first-order valence-corrected chi connectivity index (χ1v) is 11.2. The largest absolute Gasteiger partial charge is 0.486 e. The van der Waals surface area contributed by atoms with Gasteiger partial charge in [-0.05, 0) is 36.4 Å². The molecule has 0 radical (unpaired) electrons. The smallest absolute Gasteiger partial charge is 0.267 e. The lowest BCUT2D eigenvalue weighted by Crippen LogP contribution is -2.36. The van der Waals surface area contributed by atoms with Gasteiger partial charge in [0.2, 0.25) is 10.0 Å². The van der Waals surface area contributed by atoms with Crippen LogP contribution >= 0.6 is 11.3 Å². The number of ether oxygens (including phenoxy) is 2. The number of fused-ring (bicyclic) bond motifs is 1. The summed E-state index contributed by atoms with van der Waals surface area (Å²) in [6, 6.07) is 6.62. The molecule has 27 heavy (non-hydrogen) atoms. The molecule has 1 aromatic heterocycles. The topological polar surface area (TPSA) is 84.9 Å². The van der Waals surface area contributed by atoms with E-state index in [-0.39, 0.29) is 9.77 Å². The van der Waals surface area contributed by atoms with Crippen molar-refractivity contribution in [2.24, 2.45) is 0 Å². The van der Waals surface area contributed by atoms with Gasteiger partial charge in [-0.15, -0.1) is 11.3 Å². The van der Waals surface area contributed by atoms with E-state index in [9.17, 15) is 13.2 Å². The molecule has 1 fully saturated rings. The number of benzene rings is 1. The summed E-state index contributed by atoms with van der Waals surface area (Å²) in [5.74, 6) is 0.743. The van der Waals surface area contributed by atoms with Crippen LogP contribution in [0.4, 0.5) is 5.69 Å². The minimum absolute atomic E-state index is 0.0736. The summed E-state index contributed by atoms with van der Waals surface area (Å²) in [6.45, 7) is 1.95. The number of hydrogen-bond acceptors (Lipinski definition) is 6. The Morgan fingerprint density at radius 2 is 1.78 bits per heavy atom. The first-order chi connectivity index (χ1) is 13.1. The molecule has 2 aliphatic heterocycles. The summed E-state index contributed by atoms with van der Waals surface area (Å²) in [5.41, 5.74) is 0.527. The fourth-order valence-electron chi connectivity index (χ4n) is 3.22. The lowest BCUT2D eigenvalue weighted by atomic mass is 10.2. The molecule has 144 valence electrons. The zero-order chi connectivity index (χ0) is 18.9. The minimum Gasteiger partial charge on any atom is -0.486 e. The number of rotatable bonds is 4. The van der Waals surface area contributed by atoms with Crippen molar-refractivity contribution < 1.29 is 22.7 Å². The highest BCUT2D eigenvalue weighted by Gasteiger charge is 2.31. The normalized spacial score (nSPS) is 17.5. The van der Waals surface area contributed by atoms with Gasteiger partial charge in [-0.3, -0.25) is 4.79 Å². The number of carbonyl (C=O) groups is 1. The number of sulfonamides is 1. The van der Waals surface area contributed by atoms with Crippen LogP contribution in [-0.2, 0) is 10.0 Å². The molecule has 0 saturated carbocycles. The van der Waals surface area contributed by atoms with Gasteiger partial charge in [0, 0.05) is 24.8 Å². The number of anilines is 1. The summed E-state index contributed by atoms with van der Waals surface area (Å²) < 4.78 is 38.3. The number of thiophene rings is 1. The van der Waals surface area contributed by atoms with E-state index in [1.54, 1.807) is 23.6 Å². The fraction of sp³-hybridized carbons (Fsp3) is 0.389. The number of carbonyl (C=O) groups excluding carboxylic acids is 1. The second kappa shape index (κ2) is 7.49. The molecule has 2 aromatic rings. The average molecular weight is 409 g/mol. The van der Waals surface area contributed by atoms with Crippen LogP contribution in [0.1, 0.15) is 28.9 Å². The first kappa shape index (κ1) is 18.3. The van der Waals surface area contributed by atoms with Crippen LogP contribution in [0.3, 0.4) is 0 Å². The van der Waals surface area contributed by atoms with Crippen LogP contribution in [0.5, 0.6) is 11.5 Å². The Hall–Kier alpha value is -2.10. The zero-order valence-electron chi connectivity index (χ0n) is 14.6. The predicted molar refractivity (Wildman–Crippen MR) is 102 cm³/mol. The van der Waals surface area contributed by atoms with Gasteiger partial charge in [0.1, 0.15) is 23.0 Å². The number of hydrogen-bond donors (Lipinski definition) is 1. The van der Waals surface area contributed by atoms with Gasteiger partial charge in [0.15, 0.2) is 11.5 Å². The van der Waals surface area contributed by atoms with Crippen molar-refractivity contribution in [3.05, 3.63) is 34.5 Å². The van der Waals surface area contributed by atoms with Gasteiger partial charge in [0.25, 0.3) is 5.91 Å². The van der Waals surface area contributed by atoms with Crippen LogP contribution < -0.4 is 14.8 Å². The van der Waals surface area contributed by atoms with Crippen molar-refractivity contribution in [2.75, 3.05) is 31.6 Å². The Kier molecular flexibility index (Phi) is 5.07. The van der Waals surface area contributed by atoms with Crippen molar-refractivity contribution in [3.63, 3.8) is 0 Å². The van der Waals surface area contributed by atoms with E-state index < -0.39 is 15.9 Å². The van der Waals surface area contributed by atoms with E-state index in [1.807, 2.05) is 0 Å². The van der Waals surface area contributed by atoms with Gasteiger partial charge in [0.05, 0.1) is 0 Å². The summed E-state index contributed by atoms with van der Waals surface area (Å²) in [4.78, 5) is 13.0. The molecule has 1 saturated heterocycles. The van der Waals surface area contributed by atoms with Crippen molar-refractivity contribution in [2.45, 2.75) is 24.2 Å².